The SMILES string of the molecule is CN(CCO)C[C@@H]1Cc2ccccc2CN1C. The van der Waals surface area contributed by atoms with Gasteiger partial charge in [-0.3, -0.25) is 4.90 Å². The van der Waals surface area contributed by atoms with Crippen LogP contribution in [0.1, 0.15) is 11.1 Å². The number of benzene rings is 1. The molecule has 0 amide bonds. The van der Waals surface area contributed by atoms with Crippen LogP contribution in [0.5, 0.6) is 0 Å². The Hall–Kier alpha value is -0.900. The summed E-state index contributed by atoms with van der Waals surface area (Å²) >= 11 is 0. The van der Waals surface area contributed by atoms with Gasteiger partial charge in [-0.05, 0) is 31.6 Å². The predicted molar refractivity (Wildman–Crippen MR) is 70.0 cm³/mol. The molecule has 1 heterocycles. The van der Waals surface area contributed by atoms with Crippen LogP contribution in [0.2, 0.25) is 0 Å². The van der Waals surface area contributed by atoms with Gasteiger partial charge in [-0.1, -0.05) is 24.3 Å². The summed E-state index contributed by atoms with van der Waals surface area (Å²) < 4.78 is 0. The molecule has 0 fully saturated rings. The van der Waals surface area contributed by atoms with E-state index in [1.54, 1.807) is 0 Å². The van der Waals surface area contributed by atoms with Crippen molar-refractivity contribution >= 4 is 0 Å². The molecule has 94 valence electrons. The molecule has 3 heteroatoms. The van der Waals surface area contributed by atoms with Gasteiger partial charge in [-0.25, -0.2) is 0 Å². The monoisotopic (exact) mass is 234 g/mol. The first-order valence-corrected chi connectivity index (χ1v) is 6.27. The maximum absolute atomic E-state index is 8.93. The number of hydrogen-bond acceptors (Lipinski definition) is 3. The normalized spacial score (nSPS) is 20.6. The zero-order valence-electron chi connectivity index (χ0n) is 10.8. The summed E-state index contributed by atoms with van der Waals surface area (Å²) in [6.45, 7) is 3.05. The lowest BCUT2D eigenvalue weighted by atomic mass is 9.94. The smallest absolute Gasteiger partial charge is 0.0558 e. The van der Waals surface area contributed by atoms with E-state index in [9.17, 15) is 0 Å². The lowest BCUT2D eigenvalue weighted by molar-refractivity contribution is 0.145. The molecule has 1 atom stereocenters. The first kappa shape index (κ1) is 12.6. The van der Waals surface area contributed by atoms with Crippen LogP contribution in [-0.2, 0) is 13.0 Å². The van der Waals surface area contributed by atoms with Gasteiger partial charge >= 0.3 is 0 Å². The standard InChI is InChI=1S/C14H22N2O/c1-15(7-8-17)11-14-9-12-5-3-4-6-13(12)10-16(14)2/h3-6,14,17H,7-11H2,1-2H3/t14-/m0/s1. The van der Waals surface area contributed by atoms with Gasteiger partial charge in [-0.15, -0.1) is 0 Å². The third-order valence-corrected chi connectivity index (χ3v) is 3.62. The number of aliphatic hydroxyl groups excluding tert-OH is 1. The third kappa shape index (κ3) is 3.06. The largest absolute Gasteiger partial charge is 0.395 e. The second kappa shape index (κ2) is 5.63. The quantitative estimate of drug-likeness (QED) is 0.841. The van der Waals surface area contributed by atoms with E-state index in [1.165, 1.54) is 11.1 Å². The Morgan fingerprint density at radius 1 is 1.35 bits per heavy atom. The highest BCUT2D eigenvalue weighted by atomic mass is 16.3. The molecule has 0 bridgehead atoms. The van der Waals surface area contributed by atoms with Gasteiger partial charge in [-0.2, -0.15) is 0 Å². The number of aliphatic hydroxyl groups is 1. The molecular formula is C14H22N2O. The van der Waals surface area contributed by atoms with Crippen LogP contribution < -0.4 is 0 Å². The molecule has 0 saturated carbocycles. The predicted octanol–water partition coefficient (Wildman–Crippen LogP) is 0.967. The van der Waals surface area contributed by atoms with Crippen LogP contribution in [0.3, 0.4) is 0 Å². The van der Waals surface area contributed by atoms with E-state index in [0.29, 0.717) is 6.04 Å². The average Bonchev–Trinajstić information content (AvgIpc) is 2.30. The number of fused-ring (bicyclic) bond motifs is 1. The minimum absolute atomic E-state index is 0.240. The molecule has 1 aliphatic heterocycles. The Morgan fingerprint density at radius 2 is 2.06 bits per heavy atom. The second-order valence-corrected chi connectivity index (χ2v) is 5.03. The first-order chi connectivity index (χ1) is 8.20. The lowest BCUT2D eigenvalue weighted by Gasteiger charge is -2.36. The van der Waals surface area contributed by atoms with Crippen molar-refractivity contribution in [3.8, 4) is 0 Å². The fourth-order valence-electron chi connectivity index (χ4n) is 2.54. The Balaban J connectivity index is 2.02. The summed E-state index contributed by atoms with van der Waals surface area (Å²) in [5.41, 5.74) is 2.93. The number of hydrogen-bond donors (Lipinski definition) is 1. The van der Waals surface area contributed by atoms with Crippen LogP contribution in [0.4, 0.5) is 0 Å². The van der Waals surface area contributed by atoms with E-state index in [-0.39, 0.29) is 6.61 Å². The Bertz CT molecular complexity index is 367. The van der Waals surface area contributed by atoms with Crippen molar-refractivity contribution in [3.63, 3.8) is 0 Å². The van der Waals surface area contributed by atoms with E-state index in [4.69, 9.17) is 5.11 Å². The van der Waals surface area contributed by atoms with Crippen molar-refractivity contribution in [2.75, 3.05) is 33.8 Å². The van der Waals surface area contributed by atoms with Crippen molar-refractivity contribution in [2.24, 2.45) is 0 Å². The molecule has 1 aliphatic rings. The van der Waals surface area contributed by atoms with E-state index in [0.717, 1.165) is 26.1 Å². The Morgan fingerprint density at radius 3 is 2.76 bits per heavy atom. The zero-order chi connectivity index (χ0) is 12.3. The summed E-state index contributed by atoms with van der Waals surface area (Å²) in [5.74, 6) is 0. The molecule has 0 radical (unpaired) electrons. The average molecular weight is 234 g/mol. The van der Waals surface area contributed by atoms with Gasteiger partial charge in [0.1, 0.15) is 0 Å². The fraction of sp³-hybridized carbons (Fsp3) is 0.571. The van der Waals surface area contributed by atoms with Crippen LogP contribution in [0, 0.1) is 0 Å². The third-order valence-electron chi connectivity index (χ3n) is 3.62. The topological polar surface area (TPSA) is 26.7 Å². The summed E-state index contributed by atoms with van der Waals surface area (Å²) in [4.78, 5) is 4.62. The van der Waals surface area contributed by atoms with Crippen molar-refractivity contribution < 1.29 is 5.11 Å². The molecule has 0 spiro atoms. The van der Waals surface area contributed by atoms with Crippen molar-refractivity contribution in [3.05, 3.63) is 35.4 Å². The van der Waals surface area contributed by atoms with Gasteiger partial charge in [0.05, 0.1) is 6.61 Å². The molecule has 0 aliphatic carbocycles. The highest BCUT2D eigenvalue weighted by Gasteiger charge is 2.23. The van der Waals surface area contributed by atoms with E-state index in [2.05, 4.69) is 48.2 Å². The molecular weight excluding hydrogens is 212 g/mol. The van der Waals surface area contributed by atoms with Crippen molar-refractivity contribution in [2.45, 2.75) is 19.0 Å². The van der Waals surface area contributed by atoms with Crippen LogP contribution in [-0.4, -0.2) is 54.7 Å². The highest BCUT2D eigenvalue weighted by Crippen LogP contribution is 2.22. The van der Waals surface area contributed by atoms with Crippen LogP contribution in [0.25, 0.3) is 0 Å². The number of rotatable bonds is 4. The van der Waals surface area contributed by atoms with Crippen LogP contribution >= 0.6 is 0 Å². The minimum Gasteiger partial charge on any atom is -0.395 e. The lowest BCUT2D eigenvalue weighted by Crippen LogP contribution is -2.45. The molecule has 0 saturated heterocycles. The van der Waals surface area contributed by atoms with E-state index >= 15 is 0 Å². The number of nitrogens with zero attached hydrogens (tertiary/aromatic N) is 2. The Labute approximate surface area is 104 Å². The van der Waals surface area contributed by atoms with Gasteiger partial charge in [0.25, 0.3) is 0 Å². The molecule has 2 rings (SSSR count). The molecule has 17 heavy (non-hydrogen) atoms. The molecule has 0 aromatic heterocycles. The van der Waals surface area contributed by atoms with Gasteiger partial charge < -0.3 is 10.0 Å². The Kier molecular flexibility index (Phi) is 4.15. The van der Waals surface area contributed by atoms with Crippen molar-refractivity contribution in [1.82, 2.24) is 9.80 Å². The minimum atomic E-state index is 0.240. The number of likely N-dealkylation sites (N-methyl/N-ethyl adjacent to an activating group) is 2. The summed E-state index contributed by atoms with van der Waals surface area (Å²) in [7, 11) is 4.26. The van der Waals surface area contributed by atoms with E-state index in [1.807, 2.05) is 0 Å². The molecule has 1 N–H and O–H groups in total. The fourth-order valence-corrected chi connectivity index (χ4v) is 2.54. The highest BCUT2D eigenvalue weighted by molar-refractivity contribution is 5.30. The van der Waals surface area contributed by atoms with Gasteiger partial charge in [0.2, 0.25) is 0 Å². The van der Waals surface area contributed by atoms with Gasteiger partial charge in [0, 0.05) is 25.7 Å². The summed E-state index contributed by atoms with van der Waals surface area (Å²) in [6, 6.07) is 9.26. The second-order valence-electron chi connectivity index (χ2n) is 5.03. The molecule has 1 aromatic carbocycles. The van der Waals surface area contributed by atoms with Gasteiger partial charge in [0.15, 0.2) is 0 Å². The maximum Gasteiger partial charge on any atom is 0.0558 e. The summed E-state index contributed by atoms with van der Waals surface area (Å²) in [6.07, 6.45) is 1.11. The first-order valence-electron chi connectivity index (χ1n) is 6.27. The molecule has 3 nitrogen and oxygen atoms in total. The van der Waals surface area contributed by atoms with Crippen LogP contribution in [0.15, 0.2) is 24.3 Å². The maximum atomic E-state index is 8.93. The molecule has 1 aromatic rings. The summed E-state index contributed by atoms with van der Waals surface area (Å²) in [5, 5.41) is 8.93. The zero-order valence-corrected chi connectivity index (χ0v) is 10.8. The van der Waals surface area contributed by atoms with Crippen molar-refractivity contribution in [1.29, 1.82) is 0 Å². The molecule has 0 unspecified atom stereocenters. The van der Waals surface area contributed by atoms with E-state index < -0.39 is 0 Å².